The lowest BCUT2D eigenvalue weighted by Crippen LogP contribution is -1.98. The fourth-order valence-electron chi connectivity index (χ4n) is 1.74. The molecular weight excluding hydrogens is 345 g/mol. The Morgan fingerprint density at radius 1 is 1.30 bits per heavy atom. The van der Waals surface area contributed by atoms with Crippen molar-refractivity contribution in [2.45, 2.75) is 0 Å². The Bertz CT molecular complexity index is 781. The Morgan fingerprint density at radius 2 is 2.04 bits per heavy atom. The van der Waals surface area contributed by atoms with E-state index >= 15 is 0 Å². The quantitative estimate of drug-likeness (QED) is 0.478. The van der Waals surface area contributed by atoms with E-state index in [1.807, 2.05) is 0 Å². The molecule has 0 fully saturated rings. The SMILES string of the molecule is COc1cc([N+](=O)[O-])c(C=NNc2ccc(Cl)c(Cl)c2)cc1O. The first-order valence-corrected chi connectivity index (χ1v) is 6.97. The first-order valence-electron chi connectivity index (χ1n) is 6.22. The van der Waals surface area contributed by atoms with Crippen molar-refractivity contribution in [1.29, 1.82) is 0 Å². The van der Waals surface area contributed by atoms with Crippen LogP contribution >= 0.6 is 23.2 Å². The molecule has 0 heterocycles. The highest BCUT2D eigenvalue weighted by molar-refractivity contribution is 6.42. The molecule has 9 heteroatoms. The number of benzene rings is 2. The predicted octanol–water partition coefficient (Wildman–Crippen LogP) is 4.06. The number of ether oxygens (including phenoxy) is 1. The van der Waals surface area contributed by atoms with Gasteiger partial charge in [-0.05, 0) is 24.3 Å². The normalized spacial score (nSPS) is 10.7. The molecule has 0 aliphatic carbocycles. The average molecular weight is 356 g/mol. The molecule has 0 aliphatic heterocycles. The summed E-state index contributed by atoms with van der Waals surface area (Å²) in [6, 6.07) is 7.10. The molecule has 2 rings (SSSR count). The van der Waals surface area contributed by atoms with E-state index in [0.717, 1.165) is 6.07 Å². The van der Waals surface area contributed by atoms with E-state index in [9.17, 15) is 15.2 Å². The highest BCUT2D eigenvalue weighted by Crippen LogP contribution is 2.32. The molecule has 23 heavy (non-hydrogen) atoms. The predicted molar refractivity (Wildman–Crippen MR) is 89.0 cm³/mol. The lowest BCUT2D eigenvalue weighted by atomic mass is 10.1. The van der Waals surface area contributed by atoms with Crippen molar-refractivity contribution in [3.05, 3.63) is 56.1 Å². The van der Waals surface area contributed by atoms with Gasteiger partial charge in [-0.3, -0.25) is 15.5 Å². The third-order valence-corrected chi connectivity index (χ3v) is 3.58. The summed E-state index contributed by atoms with van der Waals surface area (Å²) in [4.78, 5) is 10.5. The van der Waals surface area contributed by atoms with E-state index in [1.165, 1.54) is 19.4 Å². The van der Waals surface area contributed by atoms with Crippen molar-refractivity contribution in [2.24, 2.45) is 5.10 Å². The Balaban J connectivity index is 2.26. The van der Waals surface area contributed by atoms with E-state index in [2.05, 4.69) is 10.5 Å². The van der Waals surface area contributed by atoms with Crippen molar-refractivity contribution < 1.29 is 14.8 Å². The molecule has 0 unspecified atom stereocenters. The number of methoxy groups -OCH3 is 1. The Labute approximate surface area is 141 Å². The lowest BCUT2D eigenvalue weighted by molar-refractivity contribution is -0.385. The number of nitro groups is 1. The highest BCUT2D eigenvalue weighted by atomic mass is 35.5. The summed E-state index contributed by atoms with van der Waals surface area (Å²) in [5.41, 5.74) is 3.08. The smallest absolute Gasteiger partial charge is 0.282 e. The van der Waals surface area contributed by atoms with Crippen LogP contribution in [-0.4, -0.2) is 23.4 Å². The van der Waals surface area contributed by atoms with Crippen molar-refractivity contribution >= 4 is 40.8 Å². The third-order valence-electron chi connectivity index (χ3n) is 2.84. The molecule has 0 spiro atoms. The zero-order valence-electron chi connectivity index (χ0n) is 11.8. The maximum Gasteiger partial charge on any atom is 0.282 e. The number of halogens is 2. The van der Waals surface area contributed by atoms with Crippen LogP contribution in [0.3, 0.4) is 0 Å². The van der Waals surface area contributed by atoms with Crippen molar-refractivity contribution in [2.75, 3.05) is 12.5 Å². The van der Waals surface area contributed by atoms with Crippen LogP contribution < -0.4 is 10.2 Å². The second-order valence-corrected chi connectivity index (χ2v) is 5.15. The van der Waals surface area contributed by atoms with Gasteiger partial charge in [0.25, 0.3) is 5.69 Å². The number of nitro benzene ring substituents is 1. The lowest BCUT2D eigenvalue weighted by Gasteiger charge is -2.05. The summed E-state index contributed by atoms with van der Waals surface area (Å²) in [5.74, 6) is -0.222. The maximum atomic E-state index is 11.1. The van der Waals surface area contributed by atoms with Crippen molar-refractivity contribution in [3.63, 3.8) is 0 Å². The number of anilines is 1. The van der Waals surface area contributed by atoms with Crippen LogP contribution in [0, 0.1) is 10.1 Å². The van der Waals surface area contributed by atoms with Gasteiger partial charge >= 0.3 is 0 Å². The molecule has 0 saturated heterocycles. The monoisotopic (exact) mass is 355 g/mol. The van der Waals surface area contributed by atoms with Gasteiger partial charge in [0, 0.05) is 0 Å². The van der Waals surface area contributed by atoms with E-state index in [0.29, 0.717) is 15.7 Å². The number of nitrogens with one attached hydrogen (secondary N) is 1. The van der Waals surface area contributed by atoms with Crippen LogP contribution in [0.5, 0.6) is 11.5 Å². The minimum atomic E-state index is -0.595. The number of hydrogen-bond acceptors (Lipinski definition) is 6. The third kappa shape index (κ3) is 4.02. The first kappa shape index (κ1) is 16.9. The number of aromatic hydroxyl groups is 1. The molecular formula is C14H11Cl2N3O4. The number of hydrogen-bond donors (Lipinski definition) is 2. The van der Waals surface area contributed by atoms with E-state index in [4.69, 9.17) is 27.9 Å². The minimum Gasteiger partial charge on any atom is -0.504 e. The van der Waals surface area contributed by atoms with Crippen LogP contribution in [0.4, 0.5) is 11.4 Å². The summed E-state index contributed by atoms with van der Waals surface area (Å²) in [6.45, 7) is 0. The van der Waals surface area contributed by atoms with Gasteiger partial charge in [0.2, 0.25) is 0 Å². The number of rotatable bonds is 5. The Morgan fingerprint density at radius 3 is 2.65 bits per heavy atom. The maximum absolute atomic E-state index is 11.1. The first-order chi connectivity index (χ1) is 10.9. The molecule has 0 amide bonds. The van der Waals surface area contributed by atoms with Crippen molar-refractivity contribution in [3.8, 4) is 11.5 Å². The number of phenols is 1. The van der Waals surface area contributed by atoms with Gasteiger partial charge in [-0.25, -0.2) is 0 Å². The molecule has 0 aromatic heterocycles. The fraction of sp³-hybridized carbons (Fsp3) is 0.0714. The molecule has 120 valence electrons. The molecule has 0 saturated carbocycles. The van der Waals surface area contributed by atoms with Crippen LogP contribution in [0.2, 0.25) is 10.0 Å². The molecule has 2 aromatic rings. The summed E-state index contributed by atoms with van der Waals surface area (Å²) in [7, 11) is 1.30. The second-order valence-electron chi connectivity index (χ2n) is 4.34. The highest BCUT2D eigenvalue weighted by Gasteiger charge is 2.17. The minimum absolute atomic E-state index is 0.00583. The summed E-state index contributed by atoms with van der Waals surface area (Å²) >= 11 is 11.7. The summed E-state index contributed by atoms with van der Waals surface area (Å²) in [6.07, 6.45) is 1.21. The largest absolute Gasteiger partial charge is 0.504 e. The van der Waals surface area contributed by atoms with Crippen LogP contribution in [-0.2, 0) is 0 Å². The van der Waals surface area contributed by atoms with Crippen LogP contribution in [0.15, 0.2) is 35.4 Å². The molecule has 7 nitrogen and oxygen atoms in total. The zero-order chi connectivity index (χ0) is 17.0. The molecule has 0 radical (unpaired) electrons. The number of hydrazone groups is 1. The van der Waals surface area contributed by atoms with Gasteiger partial charge in [0.05, 0.1) is 45.6 Å². The van der Waals surface area contributed by atoms with Crippen LogP contribution in [0.1, 0.15) is 5.56 Å². The van der Waals surface area contributed by atoms with Gasteiger partial charge in [-0.2, -0.15) is 5.10 Å². The number of nitrogens with zero attached hydrogens (tertiary/aromatic N) is 2. The summed E-state index contributed by atoms with van der Waals surface area (Å²) in [5, 5.41) is 25.4. The number of phenolic OH excluding ortho intramolecular Hbond substituents is 1. The Hall–Kier alpha value is -2.51. The van der Waals surface area contributed by atoms with Gasteiger partial charge in [0.15, 0.2) is 11.5 Å². The molecule has 2 N–H and O–H groups in total. The van der Waals surface area contributed by atoms with E-state index in [1.54, 1.807) is 18.2 Å². The van der Waals surface area contributed by atoms with Gasteiger partial charge in [-0.15, -0.1) is 0 Å². The summed E-state index contributed by atoms with van der Waals surface area (Å²) < 4.78 is 4.85. The second kappa shape index (κ2) is 7.17. The Kier molecular flexibility index (Phi) is 5.25. The topological polar surface area (TPSA) is 97.0 Å². The fourth-order valence-corrected chi connectivity index (χ4v) is 2.04. The van der Waals surface area contributed by atoms with Crippen LogP contribution in [0.25, 0.3) is 0 Å². The van der Waals surface area contributed by atoms with Gasteiger partial charge in [0.1, 0.15) is 0 Å². The molecule has 0 aliphatic rings. The molecule has 0 atom stereocenters. The molecule has 0 bridgehead atoms. The molecule has 2 aromatic carbocycles. The standard InChI is InChI=1S/C14H11Cl2N3O4/c1-23-14-6-12(19(21)22)8(4-13(14)20)7-17-18-9-2-3-10(15)11(16)5-9/h2-7,18,20H,1H3. The average Bonchev–Trinajstić information content (AvgIpc) is 2.50. The van der Waals surface area contributed by atoms with E-state index < -0.39 is 4.92 Å². The van der Waals surface area contributed by atoms with Gasteiger partial charge < -0.3 is 9.84 Å². The zero-order valence-corrected chi connectivity index (χ0v) is 13.3. The van der Waals surface area contributed by atoms with Gasteiger partial charge in [-0.1, -0.05) is 23.2 Å². The van der Waals surface area contributed by atoms with E-state index in [-0.39, 0.29) is 22.7 Å². The van der Waals surface area contributed by atoms with Crippen molar-refractivity contribution in [1.82, 2.24) is 0 Å².